The van der Waals surface area contributed by atoms with Crippen LogP contribution in [-0.4, -0.2) is 41.9 Å². The molecule has 0 aliphatic carbocycles. The molecule has 0 saturated carbocycles. The van der Waals surface area contributed by atoms with Crippen LogP contribution >= 0.6 is 0 Å². The molecule has 8 heteroatoms. The fraction of sp³-hybridized carbons (Fsp3) is 0.556. The van der Waals surface area contributed by atoms with E-state index in [1.54, 1.807) is 13.8 Å². The molecule has 0 aromatic rings. The minimum atomic E-state index is -0.832. The molecule has 0 bridgehead atoms. The first-order chi connectivity index (χ1) is 8.06. The average molecular weight is 245 g/mol. The molecule has 0 aromatic heterocycles. The van der Waals surface area contributed by atoms with Gasteiger partial charge in [0, 0.05) is 0 Å². The minimum absolute atomic E-state index is 0.000923. The number of ether oxygens (including phenoxy) is 2. The van der Waals surface area contributed by atoms with E-state index in [0.29, 0.717) is 0 Å². The van der Waals surface area contributed by atoms with Crippen molar-refractivity contribution in [2.75, 3.05) is 13.2 Å². The summed E-state index contributed by atoms with van der Waals surface area (Å²) in [5.74, 6) is -0.832. The lowest BCUT2D eigenvalue weighted by atomic mass is 10.2. The highest BCUT2D eigenvalue weighted by molar-refractivity contribution is 6.65. The van der Waals surface area contributed by atoms with E-state index < -0.39 is 12.1 Å². The molecule has 0 atom stereocenters. The number of oxime groups is 1. The van der Waals surface area contributed by atoms with Crippen molar-refractivity contribution in [2.45, 2.75) is 20.8 Å². The number of esters is 1. The zero-order chi connectivity index (χ0) is 13.3. The van der Waals surface area contributed by atoms with Gasteiger partial charge in [0.1, 0.15) is 0 Å². The third-order valence-electron chi connectivity index (χ3n) is 1.50. The van der Waals surface area contributed by atoms with E-state index in [2.05, 4.69) is 19.7 Å². The molecule has 0 aliphatic rings. The SMILES string of the molecule is CCOC(=O)N/N=C(C)\C(=N/O)C(=O)OCC. The maximum absolute atomic E-state index is 11.2. The van der Waals surface area contributed by atoms with Crippen LogP contribution in [0.2, 0.25) is 0 Å². The van der Waals surface area contributed by atoms with Gasteiger partial charge < -0.3 is 14.7 Å². The molecule has 0 aromatic carbocycles. The van der Waals surface area contributed by atoms with Crippen LogP contribution in [0.4, 0.5) is 4.79 Å². The van der Waals surface area contributed by atoms with Crippen LogP contribution in [0.3, 0.4) is 0 Å². The molecule has 17 heavy (non-hydrogen) atoms. The Bertz CT molecular complexity index is 338. The summed E-state index contributed by atoms with van der Waals surface area (Å²) in [6.45, 7) is 4.94. The van der Waals surface area contributed by atoms with E-state index in [4.69, 9.17) is 5.21 Å². The van der Waals surface area contributed by atoms with Gasteiger partial charge in [-0.05, 0) is 20.8 Å². The second-order valence-corrected chi connectivity index (χ2v) is 2.70. The van der Waals surface area contributed by atoms with Crippen molar-refractivity contribution >= 4 is 23.5 Å². The predicted octanol–water partition coefficient (Wildman–Crippen LogP) is 0.502. The number of rotatable bonds is 5. The third kappa shape index (κ3) is 5.50. The van der Waals surface area contributed by atoms with E-state index in [0.717, 1.165) is 0 Å². The maximum atomic E-state index is 11.2. The lowest BCUT2D eigenvalue weighted by Crippen LogP contribution is -2.28. The monoisotopic (exact) mass is 245 g/mol. The average Bonchev–Trinajstić information content (AvgIpc) is 2.28. The summed E-state index contributed by atoms with van der Waals surface area (Å²) in [4.78, 5) is 22.1. The fourth-order valence-corrected chi connectivity index (χ4v) is 0.806. The van der Waals surface area contributed by atoms with Gasteiger partial charge in [0.25, 0.3) is 0 Å². The first-order valence-electron chi connectivity index (χ1n) is 4.93. The quantitative estimate of drug-likeness (QED) is 0.317. The highest BCUT2D eigenvalue weighted by atomic mass is 16.6. The van der Waals surface area contributed by atoms with Crippen LogP contribution in [-0.2, 0) is 14.3 Å². The summed E-state index contributed by atoms with van der Waals surface area (Å²) >= 11 is 0. The van der Waals surface area contributed by atoms with Gasteiger partial charge in [-0.2, -0.15) is 5.10 Å². The van der Waals surface area contributed by atoms with Gasteiger partial charge in [-0.1, -0.05) is 5.16 Å². The van der Waals surface area contributed by atoms with Gasteiger partial charge in [-0.25, -0.2) is 15.0 Å². The smallest absolute Gasteiger partial charge is 0.427 e. The summed E-state index contributed by atoms with van der Waals surface area (Å²) < 4.78 is 9.15. The topological polar surface area (TPSA) is 110 Å². The number of nitrogens with zero attached hydrogens (tertiary/aromatic N) is 2. The Kier molecular flexibility index (Phi) is 7.07. The first kappa shape index (κ1) is 14.9. The predicted molar refractivity (Wildman–Crippen MR) is 59.1 cm³/mol. The van der Waals surface area contributed by atoms with E-state index in [1.165, 1.54) is 6.92 Å². The van der Waals surface area contributed by atoms with E-state index in [1.807, 2.05) is 5.43 Å². The molecule has 0 fully saturated rings. The van der Waals surface area contributed by atoms with Crippen molar-refractivity contribution in [1.29, 1.82) is 0 Å². The second kappa shape index (κ2) is 8.08. The van der Waals surface area contributed by atoms with Crippen LogP contribution in [0.1, 0.15) is 20.8 Å². The number of hydrogen-bond acceptors (Lipinski definition) is 7. The molecule has 0 radical (unpaired) electrons. The molecule has 0 heterocycles. The lowest BCUT2D eigenvalue weighted by molar-refractivity contribution is -0.134. The Balaban J connectivity index is 4.54. The summed E-state index contributed by atoms with van der Waals surface area (Å²) in [6.07, 6.45) is -0.770. The number of hydrogen-bond donors (Lipinski definition) is 2. The van der Waals surface area contributed by atoms with Crippen LogP contribution in [0.15, 0.2) is 10.3 Å². The highest BCUT2D eigenvalue weighted by Gasteiger charge is 2.17. The highest BCUT2D eigenvalue weighted by Crippen LogP contribution is 1.89. The normalized spacial score (nSPS) is 11.9. The molecular formula is C9H15N3O5. The summed E-state index contributed by atoms with van der Waals surface area (Å²) in [5.41, 5.74) is 1.64. The number of carbonyl (C=O) groups excluding carboxylic acids is 2. The Morgan fingerprint density at radius 2 is 1.82 bits per heavy atom. The number of carbonyl (C=O) groups is 2. The molecule has 0 aliphatic heterocycles. The largest absolute Gasteiger partial charge is 0.461 e. The van der Waals surface area contributed by atoms with Gasteiger partial charge in [0.15, 0.2) is 0 Å². The zero-order valence-electron chi connectivity index (χ0n) is 9.89. The minimum Gasteiger partial charge on any atom is -0.461 e. The molecule has 0 spiro atoms. The van der Waals surface area contributed by atoms with Crippen LogP contribution in [0, 0.1) is 0 Å². The van der Waals surface area contributed by atoms with Crippen molar-refractivity contribution in [3.05, 3.63) is 0 Å². The van der Waals surface area contributed by atoms with Crippen LogP contribution in [0.5, 0.6) is 0 Å². The third-order valence-corrected chi connectivity index (χ3v) is 1.50. The fourth-order valence-electron chi connectivity index (χ4n) is 0.806. The molecule has 2 N–H and O–H groups in total. The maximum Gasteiger partial charge on any atom is 0.427 e. The van der Waals surface area contributed by atoms with Gasteiger partial charge in [-0.15, -0.1) is 0 Å². The van der Waals surface area contributed by atoms with Gasteiger partial charge in [0.2, 0.25) is 5.71 Å². The number of amides is 1. The first-order valence-corrected chi connectivity index (χ1v) is 4.93. The molecular weight excluding hydrogens is 230 g/mol. The van der Waals surface area contributed by atoms with Crippen molar-refractivity contribution in [2.24, 2.45) is 10.3 Å². The van der Waals surface area contributed by atoms with Crippen LogP contribution in [0.25, 0.3) is 0 Å². The Hall–Kier alpha value is -2.12. The van der Waals surface area contributed by atoms with E-state index in [-0.39, 0.29) is 24.6 Å². The summed E-state index contributed by atoms with van der Waals surface area (Å²) in [6, 6.07) is 0. The van der Waals surface area contributed by atoms with Crippen molar-refractivity contribution in [3.63, 3.8) is 0 Å². The Labute approximate surface area is 98.3 Å². The van der Waals surface area contributed by atoms with Crippen molar-refractivity contribution in [1.82, 2.24) is 5.43 Å². The summed E-state index contributed by atoms with van der Waals surface area (Å²) in [7, 11) is 0. The lowest BCUT2D eigenvalue weighted by Gasteiger charge is -2.04. The molecule has 0 saturated heterocycles. The number of hydrazone groups is 1. The Morgan fingerprint density at radius 3 is 2.29 bits per heavy atom. The van der Waals surface area contributed by atoms with E-state index in [9.17, 15) is 9.59 Å². The molecule has 96 valence electrons. The van der Waals surface area contributed by atoms with Gasteiger partial charge in [0.05, 0.1) is 18.9 Å². The van der Waals surface area contributed by atoms with Gasteiger partial charge >= 0.3 is 12.1 Å². The van der Waals surface area contributed by atoms with Crippen molar-refractivity contribution < 1.29 is 24.3 Å². The second-order valence-electron chi connectivity index (χ2n) is 2.70. The number of nitrogens with one attached hydrogen (secondary N) is 1. The molecule has 1 amide bonds. The zero-order valence-corrected chi connectivity index (χ0v) is 9.89. The van der Waals surface area contributed by atoms with Crippen LogP contribution < -0.4 is 5.43 Å². The van der Waals surface area contributed by atoms with Gasteiger partial charge in [-0.3, -0.25) is 0 Å². The Morgan fingerprint density at radius 1 is 1.24 bits per heavy atom. The van der Waals surface area contributed by atoms with Crippen molar-refractivity contribution in [3.8, 4) is 0 Å². The molecule has 0 rings (SSSR count). The summed E-state index contributed by atoms with van der Waals surface area (Å²) in [5, 5.41) is 14.9. The molecule has 0 unspecified atom stereocenters. The van der Waals surface area contributed by atoms with E-state index >= 15 is 0 Å². The molecule has 8 nitrogen and oxygen atoms in total. The standard InChI is InChI=1S/C9H15N3O5/c1-4-16-8(13)7(12-15)6(3)10-11-9(14)17-5-2/h15H,4-5H2,1-3H3,(H,11,14)/b10-6-,12-7+.